The average molecular weight is 202 g/mol. The van der Waals surface area contributed by atoms with Crippen molar-refractivity contribution in [3.63, 3.8) is 0 Å². The quantitative estimate of drug-likeness (QED) is 0.747. The summed E-state index contributed by atoms with van der Waals surface area (Å²) in [4.78, 5) is 0. The Bertz CT molecular complexity index is 371. The van der Waals surface area contributed by atoms with Gasteiger partial charge in [0.1, 0.15) is 0 Å². The van der Waals surface area contributed by atoms with Crippen LogP contribution < -0.4 is 0 Å². The predicted octanol–water partition coefficient (Wildman–Crippen LogP) is 2.89. The molecule has 0 radical (unpaired) electrons. The molecule has 0 amide bonds. The first-order valence-electron chi connectivity index (χ1n) is 5.32. The van der Waals surface area contributed by atoms with Gasteiger partial charge in [0.2, 0.25) is 0 Å². The van der Waals surface area contributed by atoms with Crippen LogP contribution in [-0.2, 0) is 0 Å². The third kappa shape index (κ3) is 2.40. The molecule has 1 N–H and O–H groups in total. The molecule has 0 saturated carbocycles. The molecule has 0 aromatic heterocycles. The molecule has 0 spiro atoms. The lowest BCUT2D eigenvalue weighted by Crippen LogP contribution is -2.05. The molecule has 1 aromatic rings. The summed E-state index contributed by atoms with van der Waals surface area (Å²) in [5.41, 5.74) is 3.22. The van der Waals surface area contributed by atoms with Gasteiger partial charge in [0.15, 0.2) is 0 Å². The Hall–Kier alpha value is -1.26. The topological polar surface area (TPSA) is 20.2 Å². The standard InChI is InChI=1S/C14H18O/c1-5-12-13(10(2)3)7-6-8-14(12)11(4)9-15/h1,6-8,10-11,15H,9H2,2-4H3. The maximum Gasteiger partial charge on any atom is 0.0497 e. The molecule has 1 nitrogen and oxygen atoms in total. The van der Waals surface area contributed by atoms with E-state index in [1.54, 1.807) is 0 Å². The van der Waals surface area contributed by atoms with Crippen LogP contribution in [0.2, 0.25) is 0 Å². The number of aliphatic hydroxyl groups excluding tert-OH is 1. The van der Waals surface area contributed by atoms with E-state index in [2.05, 4.69) is 25.8 Å². The Labute approximate surface area is 92.1 Å². The van der Waals surface area contributed by atoms with Crippen molar-refractivity contribution >= 4 is 0 Å². The summed E-state index contributed by atoms with van der Waals surface area (Å²) in [6.07, 6.45) is 5.55. The fraction of sp³-hybridized carbons (Fsp3) is 0.429. The van der Waals surface area contributed by atoms with Gasteiger partial charge in [0.05, 0.1) is 0 Å². The molecule has 1 heteroatoms. The van der Waals surface area contributed by atoms with Crippen LogP contribution in [0.4, 0.5) is 0 Å². The predicted molar refractivity (Wildman–Crippen MR) is 64.0 cm³/mol. The lowest BCUT2D eigenvalue weighted by atomic mass is 9.89. The summed E-state index contributed by atoms with van der Waals surface area (Å²) in [7, 11) is 0. The van der Waals surface area contributed by atoms with Gasteiger partial charge in [0, 0.05) is 18.1 Å². The molecule has 1 atom stereocenters. The number of terminal acetylenes is 1. The van der Waals surface area contributed by atoms with Crippen LogP contribution in [-0.4, -0.2) is 11.7 Å². The molecular formula is C14H18O. The number of hydrogen-bond acceptors (Lipinski definition) is 1. The van der Waals surface area contributed by atoms with Crippen molar-refractivity contribution in [2.75, 3.05) is 6.61 Å². The molecule has 0 aliphatic carbocycles. The van der Waals surface area contributed by atoms with Crippen molar-refractivity contribution in [3.8, 4) is 12.3 Å². The molecule has 0 fully saturated rings. The Morgan fingerprint density at radius 1 is 1.27 bits per heavy atom. The summed E-state index contributed by atoms with van der Waals surface area (Å²) in [6.45, 7) is 6.38. The maximum atomic E-state index is 9.17. The molecule has 0 aliphatic heterocycles. The van der Waals surface area contributed by atoms with E-state index in [0.29, 0.717) is 5.92 Å². The second-order valence-electron chi connectivity index (χ2n) is 4.19. The molecule has 15 heavy (non-hydrogen) atoms. The first-order valence-corrected chi connectivity index (χ1v) is 5.32. The zero-order chi connectivity index (χ0) is 11.4. The molecule has 0 bridgehead atoms. The Morgan fingerprint density at radius 2 is 1.87 bits per heavy atom. The largest absolute Gasteiger partial charge is 0.396 e. The van der Waals surface area contributed by atoms with Gasteiger partial charge in [-0.2, -0.15) is 0 Å². The van der Waals surface area contributed by atoms with Crippen molar-refractivity contribution in [3.05, 3.63) is 34.9 Å². The average Bonchev–Trinajstić information content (AvgIpc) is 2.26. The first-order chi connectivity index (χ1) is 7.11. The number of rotatable bonds is 3. The third-order valence-electron chi connectivity index (χ3n) is 2.70. The van der Waals surface area contributed by atoms with Crippen LogP contribution in [0.5, 0.6) is 0 Å². The van der Waals surface area contributed by atoms with Gasteiger partial charge in [-0.25, -0.2) is 0 Å². The minimum Gasteiger partial charge on any atom is -0.396 e. The number of hydrogen-bond donors (Lipinski definition) is 1. The molecule has 80 valence electrons. The summed E-state index contributed by atoms with van der Waals surface area (Å²) < 4.78 is 0. The van der Waals surface area contributed by atoms with Gasteiger partial charge in [-0.05, 0) is 17.0 Å². The molecular weight excluding hydrogens is 184 g/mol. The van der Waals surface area contributed by atoms with Gasteiger partial charge in [-0.15, -0.1) is 6.42 Å². The molecule has 0 saturated heterocycles. The van der Waals surface area contributed by atoms with E-state index in [0.717, 1.165) is 11.1 Å². The number of benzene rings is 1. The van der Waals surface area contributed by atoms with Gasteiger partial charge in [0.25, 0.3) is 0 Å². The minimum absolute atomic E-state index is 0.106. The highest BCUT2D eigenvalue weighted by Crippen LogP contribution is 2.26. The van der Waals surface area contributed by atoms with E-state index in [4.69, 9.17) is 11.5 Å². The zero-order valence-corrected chi connectivity index (χ0v) is 9.62. The second kappa shape index (κ2) is 5.00. The Balaban J connectivity index is 3.30. The van der Waals surface area contributed by atoms with Crippen molar-refractivity contribution in [1.82, 2.24) is 0 Å². The van der Waals surface area contributed by atoms with E-state index in [1.165, 1.54) is 5.56 Å². The van der Waals surface area contributed by atoms with Crippen LogP contribution in [0.15, 0.2) is 18.2 Å². The molecule has 0 heterocycles. The van der Waals surface area contributed by atoms with E-state index >= 15 is 0 Å². The first kappa shape index (κ1) is 11.8. The van der Waals surface area contributed by atoms with Crippen LogP contribution >= 0.6 is 0 Å². The van der Waals surface area contributed by atoms with Crippen LogP contribution in [0.1, 0.15) is 49.3 Å². The van der Waals surface area contributed by atoms with Crippen LogP contribution in [0.3, 0.4) is 0 Å². The van der Waals surface area contributed by atoms with Gasteiger partial charge in [-0.1, -0.05) is 44.9 Å². The normalized spacial score (nSPS) is 12.5. The molecule has 0 aliphatic rings. The summed E-state index contributed by atoms with van der Waals surface area (Å²) in [5.74, 6) is 3.27. The molecule has 1 aromatic carbocycles. The summed E-state index contributed by atoms with van der Waals surface area (Å²) >= 11 is 0. The molecule has 1 unspecified atom stereocenters. The fourth-order valence-corrected chi connectivity index (χ4v) is 1.75. The highest BCUT2D eigenvalue weighted by Gasteiger charge is 2.13. The van der Waals surface area contributed by atoms with E-state index in [-0.39, 0.29) is 12.5 Å². The third-order valence-corrected chi connectivity index (χ3v) is 2.70. The van der Waals surface area contributed by atoms with E-state index in [1.807, 2.05) is 19.1 Å². The smallest absolute Gasteiger partial charge is 0.0497 e. The fourth-order valence-electron chi connectivity index (χ4n) is 1.75. The van der Waals surface area contributed by atoms with Crippen LogP contribution in [0.25, 0.3) is 0 Å². The lowest BCUT2D eigenvalue weighted by Gasteiger charge is -2.16. The maximum absolute atomic E-state index is 9.17. The highest BCUT2D eigenvalue weighted by atomic mass is 16.3. The van der Waals surface area contributed by atoms with Gasteiger partial charge in [-0.3, -0.25) is 0 Å². The summed E-state index contributed by atoms with van der Waals surface area (Å²) in [6, 6.07) is 6.08. The Morgan fingerprint density at radius 3 is 2.33 bits per heavy atom. The molecule has 1 rings (SSSR count). The minimum atomic E-state index is 0.106. The van der Waals surface area contributed by atoms with Crippen LogP contribution in [0, 0.1) is 12.3 Å². The van der Waals surface area contributed by atoms with Crippen molar-refractivity contribution < 1.29 is 5.11 Å². The second-order valence-corrected chi connectivity index (χ2v) is 4.19. The Kier molecular flexibility index (Phi) is 3.94. The van der Waals surface area contributed by atoms with Crippen molar-refractivity contribution in [2.45, 2.75) is 32.6 Å². The van der Waals surface area contributed by atoms with Crippen molar-refractivity contribution in [1.29, 1.82) is 0 Å². The SMILES string of the molecule is C#Cc1c(C(C)C)cccc1C(C)CO. The van der Waals surface area contributed by atoms with E-state index in [9.17, 15) is 0 Å². The summed E-state index contributed by atoms with van der Waals surface area (Å²) in [5, 5.41) is 9.17. The van der Waals surface area contributed by atoms with Gasteiger partial charge < -0.3 is 5.11 Å². The highest BCUT2D eigenvalue weighted by molar-refractivity contribution is 5.49. The number of aliphatic hydroxyl groups is 1. The van der Waals surface area contributed by atoms with E-state index < -0.39 is 0 Å². The lowest BCUT2D eigenvalue weighted by molar-refractivity contribution is 0.273. The monoisotopic (exact) mass is 202 g/mol. The zero-order valence-electron chi connectivity index (χ0n) is 9.62. The van der Waals surface area contributed by atoms with Crippen molar-refractivity contribution in [2.24, 2.45) is 0 Å². The van der Waals surface area contributed by atoms with Gasteiger partial charge >= 0.3 is 0 Å².